The van der Waals surface area contributed by atoms with Crippen LogP contribution in [0.5, 0.6) is 0 Å². The summed E-state index contributed by atoms with van der Waals surface area (Å²) in [6, 6.07) is 9.85. The van der Waals surface area contributed by atoms with Crippen molar-refractivity contribution in [2.75, 3.05) is 19.7 Å². The molecule has 0 unspecified atom stereocenters. The molecular weight excluding hydrogens is 330 g/mol. The van der Waals surface area contributed by atoms with Gasteiger partial charge in [0.05, 0.1) is 22.8 Å². The molecular formula is C20H27N3O3. The number of carbonyl (C=O) groups excluding carboxylic acids is 1. The fraction of sp³-hybridized carbons (Fsp3) is 0.600. The first-order valence-corrected chi connectivity index (χ1v) is 9.19. The Morgan fingerprint density at radius 1 is 1.42 bits per heavy atom. The van der Waals surface area contributed by atoms with Gasteiger partial charge in [-0.05, 0) is 43.9 Å². The van der Waals surface area contributed by atoms with Gasteiger partial charge < -0.3 is 15.2 Å². The molecule has 2 atom stereocenters. The quantitative estimate of drug-likeness (QED) is 0.858. The zero-order valence-corrected chi connectivity index (χ0v) is 15.5. The molecule has 3 rings (SSSR count). The van der Waals surface area contributed by atoms with E-state index in [0.29, 0.717) is 18.6 Å². The first-order valence-electron chi connectivity index (χ1n) is 9.19. The van der Waals surface area contributed by atoms with Gasteiger partial charge in [-0.25, -0.2) is 0 Å². The zero-order chi connectivity index (χ0) is 18.8. The number of aliphatic hydroxyl groups excluding tert-OH is 1. The lowest BCUT2D eigenvalue weighted by Gasteiger charge is -2.53. The number of nitrogens with one attached hydrogen (secondary N) is 1. The summed E-state index contributed by atoms with van der Waals surface area (Å²) in [7, 11) is 0. The average molecular weight is 357 g/mol. The maximum absolute atomic E-state index is 11.5. The van der Waals surface area contributed by atoms with Crippen molar-refractivity contribution in [3.63, 3.8) is 0 Å². The summed E-state index contributed by atoms with van der Waals surface area (Å²) in [5.74, 6) is -0.126. The number of aliphatic hydroxyl groups is 1. The highest BCUT2D eigenvalue weighted by atomic mass is 16.5. The molecule has 1 aromatic rings. The Bertz CT molecular complexity index is 706. The summed E-state index contributed by atoms with van der Waals surface area (Å²) in [6.07, 6.45) is 1.33. The van der Waals surface area contributed by atoms with Gasteiger partial charge in [0.25, 0.3) is 0 Å². The van der Waals surface area contributed by atoms with Crippen LogP contribution >= 0.6 is 0 Å². The Balaban J connectivity index is 1.65. The van der Waals surface area contributed by atoms with Crippen LogP contribution in [-0.4, -0.2) is 52.9 Å². The Morgan fingerprint density at radius 2 is 2.15 bits per heavy atom. The molecule has 0 saturated carbocycles. The van der Waals surface area contributed by atoms with Crippen molar-refractivity contribution in [2.45, 2.75) is 56.9 Å². The van der Waals surface area contributed by atoms with Gasteiger partial charge in [-0.2, -0.15) is 5.26 Å². The fourth-order valence-corrected chi connectivity index (χ4v) is 4.30. The third-order valence-corrected chi connectivity index (χ3v) is 5.74. The molecule has 2 heterocycles. The van der Waals surface area contributed by atoms with Crippen molar-refractivity contribution < 1.29 is 14.6 Å². The number of nitrogens with zero attached hydrogens (tertiary/aromatic N) is 2. The SMILES string of the molecule is CC(=O)N[C@@]1(C)CCOC2(CCN(Cc3cccc(C#N)c3)CC2)[C@@H]1O. The lowest BCUT2D eigenvalue weighted by molar-refractivity contribution is -0.208. The van der Waals surface area contributed by atoms with Crippen LogP contribution in [0.1, 0.15) is 44.2 Å². The fourth-order valence-electron chi connectivity index (χ4n) is 4.30. The summed E-state index contributed by atoms with van der Waals surface area (Å²) in [4.78, 5) is 13.9. The molecule has 0 aliphatic carbocycles. The number of hydrogen-bond donors (Lipinski definition) is 2. The highest BCUT2D eigenvalue weighted by Crippen LogP contribution is 2.40. The number of nitriles is 1. The van der Waals surface area contributed by atoms with E-state index in [9.17, 15) is 9.90 Å². The number of benzene rings is 1. The van der Waals surface area contributed by atoms with Crippen molar-refractivity contribution in [3.05, 3.63) is 35.4 Å². The van der Waals surface area contributed by atoms with E-state index in [-0.39, 0.29) is 5.91 Å². The third-order valence-electron chi connectivity index (χ3n) is 5.74. The first-order chi connectivity index (χ1) is 12.4. The predicted octanol–water partition coefficient (Wildman–Crippen LogP) is 1.57. The number of hydrogen-bond acceptors (Lipinski definition) is 5. The molecule has 0 radical (unpaired) electrons. The van der Waals surface area contributed by atoms with Gasteiger partial charge in [-0.3, -0.25) is 9.69 Å². The number of ether oxygens (including phenoxy) is 1. The van der Waals surface area contributed by atoms with Gasteiger partial charge in [0, 0.05) is 33.2 Å². The minimum absolute atomic E-state index is 0.126. The van der Waals surface area contributed by atoms with Crippen LogP contribution in [0.2, 0.25) is 0 Å². The van der Waals surface area contributed by atoms with Crippen LogP contribution in [0, 0.1) is 11.3 Å². The van der Waals surface area contributed by atoms with Crippen LogP contribution in [0.15, 0.2) is 24.3 Å². The van der Waals surface area contributed by atoms with E-state index in [1.165, 1.54) is 6.92 Å². The summed E-state index contributed by atoms with van der Waals surface area (Å²) in [6.45, 7) is 6.33. The zero-order valence-electron chi connectivity index (χ0n) is 15.5. The lowest BCUT2D eigenvalue weighted by atomic mass is 9.73. The maximum Gasteiger partial charge on any atom is 0.217 e. The molecule has 2 saturated heterocycles. The second-order valence-corrected chi connectivity index (χ2v) is 7.75. The molecule has 2 aliphatic heterocycles. The van der Waals surface area contributed by atoms with Gasteiger partial charge in [0.15, 0.2) is 0 Å². The lowest BCUT2D eigenvalue weighted by Crippen LogP contribution is -2.69. The molecule has 140 valence electrons. The molecule has 1 amide bonds. The Kier molecular flexibility index (Phi) is 5.33. The molecule has 1 spiro atoms. The molecule has 2 aliphatic rings. The Labute approximate surface area is 154 Å². The number of carbonyl (C=O) groups is 1. The topological polar surface area (TPSA) is 85.6 Å². The summed E-state index contributed by atoms with van der Waals surface area (Å²) < 4.78 is 6.06. The van der Waals surface area contributed by atoms with Gasteiger partial charge in [-0.15, -0.1) is 0 Å². The van der Waals surface area contributed by atoms with Crippen molar-refractivity contribution in [1.82, 2.24) is 10.2 Å². The summed E-state index contributed by atoms with van der Waals surface area (Å²) >= 11 is 0. The van der Waals surface area contributed by atoms with E-state index < -0.39 is 17.2 Å². The molecule has 2 fully saturated rings. The summed E-state index contributed by atoms with van der Waals surface area (Å²) in [5.41, 5.74) is 0.551. The second-order valence-electron chi connectivity index (χ2n) is 7.75. The summed E-state index contributed by atoms with van der Waals surface area (Å²) in [5, 5.41) is 23.0. The van der Waals surface area contributed by atoms with Gasteiger partial charge in [0.2, 0.25) is 5.91 Å². The van der Waals surface area contributed by atoms with Crippen LogP contribution in [0.3, 0.4) is 0 Å². The van der Waals surface area contributed by atoms with Gasteiger partial charge >= 0.3 is 0 Å². The second kappa shape index (κ2) is 7.36. The minimum atomic E-state index is -0.725. The Morgan fingerprint density at radius 3 is 2.81 bits per heavy atom. The van der Waals surface area contributed by atoms with Crippen LogP contribution < -0.4 is 5.32 Å². The number of likely N-dealkylation sites (tertiary alicyclic amines) is 1. The average Bonchev–Trinajstić information content (AvgIpc) is 2.61. The van der Waals surface area contributed by atoms with E-state index in [0.717, 1.165) is 38.0 Å². The van der Waals surface area contributed by atoms with E-state index in [2.05, 4.69) is 16.3 Å². The smallest absolute Gasteiger partial charge is 0.217 e. The highest BCUT2D eigenvalue weighted by Gasteiger charge is 2.53. The highest BCUT2D eigenvalue weighted by molar-refractivity contribution is 5.74. The van der Waals surface area contributed by atoms with E-state index in [4.69, 9.17) is 10.00 Å². The van der Waals surface area contributed by atoms with Crippen molar-refractivity contribution in [2.24, 2.45) is 0 Å². The van der Waals surface area contributed by atoms with Crippen LogP contribution in [-0.2, 0) is 16.1 Å². The van der Waals surface area contributed by atoms with Gasteiger partial charge in [0.1, 0.15) is 6.10 Å². The van der Waals surface area contributed by atoms with Crippen molar-refractivity contribution in [1.29, 1.82) is 5.26 Å². The maximum atomic E-state index is 11.5. The molecule has 2 N–H and O–H groups in total. The molecule has 6 heteroatoms. The minimum Gasteiger partial charge on any atom is -0.388 e. The predicted molar refractivity (Wildman–Crippen MR) is 97.2 cm³/mol. The standard InChI is InChI=1S/C20H27N3O3/c1-15(24)22-19(2)8-11-26-20(18(19)25)6-9-23(10-7-20)14-17-5-3-4-16(12-17)13-21/h3-5,12,18,25H,6-11,14H2,1-2H3,(H,22,24)/t18-,19+/m1/s1. The Hall–Kier alpha value is -1.94. The van der Waals surface area contributed by atoms with E-state index in [1.54, 1.807) is 0 Å². The van der Waals surface area contributed by atoms with E-state index in [1.807, 2.05) is 31.2 Å². The molecule has 6 nitrogen and oxygen atoms in total. The van der Waals surface area contributed by atoms with Crippen LogP contribution in [0.4, 0.5) is 0 Å². The number of rotatable bonds is 3. The molecule has 0 aromatic heterocycles. The molecule has 0 bridgehead atoms. The van der Waals surface area contributed by atoms with Gasteiger partial charge in [-0.1, -0.05) is 12.1 Å². The number of amides is 1. The first kappa shape index (κ1) is 18.8. The van der Waals surface area contributed by atoms with Crippen LogP contribution in [0.25, 0.3) is 0 Å². The normalized spacial score (nSPS) is 28.5. The largest absolute Gasteiger partial charge is 0.388 e. The molecule has 26 heavy (non-hydrogen) atoms. The van der Waals surface area contributed by atoms with Crippen molar-refractivity contribution >= 4 is 5.91 Å². The van der Waals surface area contributed by atoms with E-state index >= 15 is 0 Å². The van der Waals surface area contributed by atoms with Crippen molar-refractivity contribution in [3.8, 4) is 6.07 Å². The monoisotopic (exact) mass is 357 g/mol. The number of piperidine rings is 1. The molecule has 1 aromatic carbocycles. The third kappa shape index (κ3) is 3.75.